The minimum Gasteiger partial charge on any atom is -0.395 e. The maximum Gasteiger partial charge on any atom is 0.0966 e. The van der Waals surface area contributed by atoms with Crippen LogP contribution in [-0.4, -0.2) is 58.9 Å². The van der Waals surface area contributed by atoms with Crippen molar-refractivity contribution >= 4 is 16.7 Å². The molecule has 0 unspecified atom stereocenters. The maximum atomic E-state index is 9.20. The molecule has 0 aliphatic carbocycles. The second-order valence-electron chi connectivity index (χ2n) is 8.10. The van der Waals surface area contributed by atoms with E-state index < -0.39 is 0 Å². The van der Waals surface area contributed by atoms with Crippen LogP contribution >= 0.6 is 0 Å². The fourth-order valence-corrected chi connectivity index (χ4v) is 4.57. The van der Waals surface area contributed by atoms with Crippen molar-refractivity contribution in [1.82, 2.24) is 14.5 Å². The molecule has 4 aromatic rings. The summed E-state index contributed by atoms with van der Waals surface area (Å²) in [6.07, 6.45) is 1.97. The van der Waals surface area contributed by atoms with Crippen LogP contribution in [0, 0.1) is 0 Å². The van der Waals surface area contributed by atoms with E-state index in [2.05, 4.69) is 93.2 Å². The van der Waals surface area contributed by atoms with E-state index in [0.717, 1.165) is 43.8 Å². The van der Waals surface area contributed by atoms with Gasteiger partial charge < -0.3 is 14.6 Å². The normalized spacial score (nSPS) is 15.1. The molecule has 0 radical (unpaired) electrons. The van der Waals surface area contributed by atoms with Crippen molar-refractivity contribution in [2.75, 3.05) is 44.2 Å². The van der Waals surface area contributed by atoms with E-state index in [1.54, 1.807) is 0 Å². The van der Waals surface area contributed by atoms with E-state index in [-0.39, 0.29) is 12.6 Å². The van der Waals surface area contributed by atoms with Crippen molar-refractivity contribution in [3.05, 3.63) is 96.3 Å². The zero-order chi connectivity index (χ0) is 21.0. The highest BCUT2D eigenvalue weighted by atomic mass is 16.3. The predicted molar refractivity (Wildman–Crippen MR) is 126 cm³/mol. The van der Waals surface area contributed by atoms with Gasteiger partial charge >= 0.3 is 0 Å². The summed E-state index contributed by atoms with van der Waals surface area (Å²) in [6, 6.07) is 27.9. The van der Waals surface area contributed by atoms with E-state index in [0.29, 0.717) is 0 Å². The van der Waals surface area contributed by atoms with E-state index in [1.165, 1.54) is 16.8 Å². The Morgan fingerprint density at radius 1 is 0.806 bits per heavy atom. The molecule has 31 heavy (non-hydrogen) atoms. The Kier molecular flexibility index (Phi) is 5.69. The molecule has 0 spiro atoms. The predicted octanol–water partition coefficient (Wildman–Crippen LogP) is 3.79. The molecule has 1 aliphatic rings. The molecule has 5 heteroatoms. The first-order valence-corrected chi connectivity index (χ1v) is 11.0. The van der Waals surface area contributed by atoms with Crippen LogP contribution < -0.4 is 4.90 Å². The highest BCUT2D eigenvalue weighted by Crippen LogP contribution is 2.31. The Hall–Kier alpha value is -3.15. The summed E-state index contributed by atoms with van der Waals surface area (Å²) in [5.74, 6) is 0. The van der Waals surface area contributed by atoms with Crippen LogP contribution in [0.3, 0.4) is 0 Å². The van der Waals surface area contributed by atoms with Gasteiger partial charge in [-0.25, -0.2) is 4.98 Å². The number of piperazine rings is 1. The lowest BCUT2D eigenvalue weighted by Crippen LogP contribution is -2.47. The molecule has 5 rings (SSSR count). The second kappa shape index (κ2) is 8.92. The van der Waals surface area contributed by atoms with Gasteiger partial charge in [-0.3, -0.25) is 4.90 Å². The van der Waals surface area contributed by atoms with Gasteiger partial charge in [0.05, 0.1) is 30.0 Å². The molecule has 2 heterocycles. The number of anilines is 1. The summed E-state index contributed by atoms with van der Waals surface area (Å²) in [5.41, 5.74) is 5.89. The standard InChI is InChI=1S/C26H28N4O/c31-18-17-28-13-15-29(16-14-28)23-11-12-24-25(19-23)30(20-27-24)26(21-7-3-1-4-8-21)22-9-5-2-6-10-22/h1-12,19-20,26,31H,13-18H2. The van der Waals surface area contributed by atoms with Crippen LogP contribution in [0.4, 0.5) is 5.69 Å². The molecule has 1 fully saturated rings. The summed E-state index contributed by atoms with van der Waals surface area (Å²) in [7, 11) is 0. The Balaban J connectivity index is 1.52. The van der Waals surface area contributed by atoms with Crippen LogP contribution in [-0.2, 0) is 0 Å². The van der Waals surface area contributed by atoms with Crippen molar-refractivity contribution in [3.63, 3.8) is 0 Å². The van der Waals surface area contributed by atoms with Crippen molar-refractivity contribution < 1.29 is 5.11 Å². The zero-order valence-corrected chi connectivity index (χ0v) is 17.6. The summed E-state index contributed by atoms with van der Waals surface area (Å²) >= 11 is 0. The smallest absolute Gasteiger partial charge is 0.0966 e. The van der Waals surface area contributed by atoms with E-state index in [1.807, 2.05) is 6.33 Å². The Morgan fingerprint density at radius 2 is 1.45 bits per heavy atom. The fourth-order valence-electron chi connectivity index (χ4n) is 4.57. The third kappa shape index (κ3) is 4.07. The van der Waals surface area contributed by atoms with Gasteiger partial charge in [0.25, 0.3) is 0 Å². The average Bonchev–Trinajstić information content (AvgIpc) is 3.24. The van der Waals surface area contributed by atoms with Crippen molar-refractivity contribution in [2.24, 2.45) is 0 Å². The molecule has 158 valence electrons. The van der Waals surface area contributed by atoms with Crippen molar-refractivity contribution in [1.29, 1.82) is 0 Å². The van der Waals surface area contributed by atoms with Crippen LogP contribution in [0.1, 0.15) is 17.2 Å². The van der Waals surface area contributed by atoms with E-state index in [4.69, 9.17) is 4.98 Å². The van der Waals surface area contributed by atoms with Gasteiger partial charge in [0, 0.05) is 38.4 Å². The Morgan fingerprint density at radius 3 is 2.06 bits per heavy atom. The molecule has 1 aliphatic heterocycles. The molecule has 0 bridgehead atoms. The third-order valence-electron chi connectivity index (χ3n) is 6.22. The summed E-state index contributed by atoms with van der Waals surface area (Å²) in [4.78, 5) is 9.48. The number of aliphatic hydroxyl groups excluding tert-OH is 1. The minimum absolute atomic E-state index is 0.0732. The monoisotopic (exact) mass is 412 g/mol. The van der Waals surface area contributed by atoms with Gasteiger partial charge in [-0.15, -0.1) is 0 Å². The molecule has 0 amide bonds. The number of β-amino-alcohol motifs (C(OH)–C–C–N with tert-alkyl or cyclic N) is 1. The van der Waals surface area contributed by atoms with Gasteiger partial charge in [-0.1, -0.05) is 60.7 Å². The molecule has 1 aromatic heterocycles. The van der Waals surface area contributed by atoms with Crippen LogP contribution in [0.2, 0.25) is 0 Å². The topological polar surface area (TPSA) is 44.5 Å². The van der Waals surface area contributed by atoms with Crippen LogP contribution in [0.25, 0.3) is 11.0 Å². The molecule has 3 aromatic carbocycles. The number of aliphatic hydroxyl groups is 1. The lowest BCUT2D eigenvalue weighted by molar-refractivity contribution is 0.189. The summed E-state index contributed by atoms with van der Waals surface area (Å²) < 4.78 is 2.30. The fraction of sp³-hybridized carbons (Fsp3) is 0.269. The van der Waals surface area contributed by atoms with Gasteiger partial charge in [0.15, 0.2) is 0 Å². The number of benzene rings is 3. The Labute approximate surface area is 183 Å². The molecule has 0 saturated carbocycles. The highest BCUT2D eigenvalue weighted by molar-refractivity contribution is 5.80. The molecule has 1 N–H and O–H groups in total. The second-order valence-corrected chi connectivity index (χ2v) is 8.10. The first-order valence-electron chi connectivity index (χ1n) is 11.0. The first kappa shape index (κ1) is 19.8. The lowest BCUT2D eigenvalue weighted by Gasteiger charge is -2.35. The third-order valence-corrected chi connectivity index (χ3v) is 6.22. The number of fused-ring (bicyclic) bond motifs is 1. The molecular formula is C26H28N4O. The van der Waals surface area contributed by atoms with Gasteiger partial charge in [0.1, 0.15) is 0 Å². The number of aromatic nitrogens is 2. The van der Waals surface area contributed by atoms with E-state index in [9.17, 15) is 5.11 Å². The summed E-state index contributed by atoms with van der Waals surface area (Å²) in [5, 5.41) is 9.20. The number of hydrogen-bond acceptors (Lipinski definition) is 4. The summed E-state index contributed by atoms with van der Waals surface area (Å²) in [6.45, 7) is 4.89. The molecular weight excluding hydrogens is 384 g/mol. The minimum atomic E-state index is 0.0732. The van der Waals surface area contributed by atoms with Crippen LogP contribution in [0.5, 0.6) is 0 Å². The Bertz CT molecular complexity index is 1080. The largest absolute Gasteiger partial charge is 0.395 e. The SMILES string of the molecule is OCCN1CCN(c2ccc3ncn(C(c4ccccc4)c4ccccc4)c3c2)CC1. The zero-order valence-electron chi connectivity index (χ0n) is 17.6. The quantitative estimate of drug-likeness (QED) is 0.523. The molecule has 1 saturated heterocycles. The maximum absolute atomic E-state index is 9.20. The van der Waals surface area contributed by atoms with Crippen molar-refractivity contribution in [3.8, 4) is 0 Å². The highest BCUT2D eigenvalue weighted by Gasteiger charge is 2.21. The number of imidazole rings is 1. The molecule has 5 nitrogen and oxygen atoms in total. The van der Waals surface area contributed by atoms with E-state index >= 15 is 0 Å². The number of rotatable bonds is 6. The van der Waals surface area contributed by atoms with Gasteiger partial charge in [-0.2, -0.15) is 0 Å². The van der Waals surface area contributed by atoms with Crippen LogP contribution in [0.15, 0.2) is 85.2 Å². The number of nitrogens with zero attached hydrogens (tertiary/aromatic N) is 4. The first-order chi connectivity index (χ1) is 15.3. The van der Waals surface area contributed by atoms with Crippen molar-refractivity contribution in [2.45, 2.75) is 6.04 Å². The average molecular weight is 413 g/mol. The number of hydrogen-bond donors (Lipinski definition) is 1. The van der Waals surface area contributed by atoms with Gasteiger partial charge in [0.2, 0.25) is 0 Å². The van der Waals surface area contributed by atoms with Gasteiger partial charge in [-0.05, 0) is 29.3 Å². The molecule has 0 atom stereocenters. The lowest BCUT2D eigenvalue weighted by atomic mass is 9.98.